The highest BCUT2D eigenvalue weighted by molar-refractivity contribution is 5.96. The van der Waals surface area contributed by atoms with Crippen molar-refractivity contribution >= 4 is 17.7 Å². The highest BCUT2D eigenvalue weighted by Gasteiger charge is 2.55. The fourth-order valence-electron chi connectivity index (χ4n) is 5.72. The monoisotopic (exact) mass is 478 g/mol. The van der Waals surface area contributed by atoms with E-state index in [1.54, 1.807) is 12.0 Å². The number of methoxy groups -OCH3 is 2. The van der Waals surface area contributed by atoms with Crippen molar-refractivity contribution in [2.24, 2.45) is 0 Å². The molecule has 1 aliphatic heterocycles. The van der Waals surface area contributed by atoms with Crippen LogP contribution in [-0.4, -0.2) is 79.3 Å². The molecule has 1 aliphatic carbocycles. The van der Waals surface area contributed by atoms with E-state index in [1.807, 2.05) is 4.90 Å². The van der Waals surface area contributed by atoms with Crippen molar-refractivity contribution in [3.05, 3.63) is 53.5 Å². The van der Waals surface area contributed by atoms with Crippen LogP contribution in [0.15, 0.2) is 36.5 Å². The van der Waals surface area contributed by atoms with E-state index in [2.05, 4.69) is 64.1 Å². The number of rotatable bonds is 8. The van der Waals surface area contributed by atoms with Crippen LogP contribution in [0.4, 0.5) is 16.4 Å². The molecule has 0 radical (unpaired) electrons. The van der Waals surface area contributed by atoms with Gasteiger partial charge in [-0.1, -0.05) is 30.3 Å². The van der Waals surface area contributed by atoms with E-state index in [9.17, 15) is 4.79 Å². The number of carbonyl (C=O) groups is 1. The third-order valence-electron chi connectivity index (χ3n) is 7.70. The summed E-state index contributed by atoms with van der Waals surface area (Å²) in [7, 11) is 7.47. The third kappa shape index (κ3) is 4.44. The van der Waals surface area contributed by atoms with Crippen LogP contribution in [0, 0.1) is 6.57 Å². The summed E-state index contributed by atoms with van der Waals surface area (Å²) in [4.78, 5) is 31.5. The second kappa shape index (κ2) is 10.2. The van der Waals surface area contributed by atoms with Crippen molar-refractivity contribution < 1.29 is 14.3 Å². The van der Waals surface area contributed by atoms with Crippen LogP contribution in [-0.2, 0) is 10.3 Å². The van der Waals surface area contributed by atoms with Gasteiger partial charge < -0.3 is 19.2 Å². The molecule has 186 valence electrons. The van der Waals surface area contributed by atoms with E-state index in [0.717, 1.165) is 32.1 Å². The van der Waals surface area contributed by atoms with Crippen LogP contribution in [0.1, 0.15) is 37.7 Å². The largest absolute Gasteiger partial charge is 0.468 e. The fourth-order valence-corrected chi connectivity index (χ4v) is 5.72. The topological polar surface area (TPSA) is 75.4 Å². The molecule has 0 N–H and O–H groups in total. The van der Waals surface area contributed by atoms with Crippen LogP contribution in [0.3, 0.4) is 0 Å². The fraction of sp³-hybridized carbons (Fsp3) is 0.538. The van der Waals surface area contributed by atoms with Gasteiger partial charge in [-0.2, -0.15) is 4.98 Å². The minimum absolute atomic E-state index is 0.000189. The lowest BCUT2D eigenvalue weighted by Gasteiger charge is -2.51. The van der Waals surface area contributed by atoms with Crippen molar-refractivity contribution in [1.82, 2.24) is 19.8 Å². The lowest BCUT2D eigenvalue weighted by atomic mass is 9.68. The molecule has 1 aromatic carbocycles. The van der Waals surface area contributed by atoms with Crippen molar-refractivity contribution in [2.45, 2.75) is 43.2 Å². The molecule has 2 amide bonds. The predicted molar refractivity (Wildman–Crippen MR) is 134 cm³/mol. The van der Waals surface area contributed by atoms with E-state index >= 15 is 0 Å². The lowest BCUT2D eigenvalue weighted by Crippen LogP contribution is -2.55. The van der Waals surface area contributed by atoms with Crippen molar-refractivity contribution in [3.63, 3.8) is 0 Å². The smallest absolute Gasteiger partial charge is 0.374 e. The van der Waals surface area contributed by atoms with Gasteiger partial charge in [0.15, 0.2) is 5.69 Å². The number of aromatic nitrogens is 2. The Kier molecular flexibility index (Phi) is 7.24. The van der Waals surface area contributed by atoms with Crippen LogP contribution in [0.25, 0.3) is 4.85 Å². The molecule has 0 atom stereocenters. The number of anilines is 1. The maximum atomic E-state index is 13.8. The van der Waals surface area contributed by atoms with Crippen molar-refractivity contribution in [3.8, 4) is 5.88 Å². The number of amides is 2. The van der Waals surface area contributed by atoms with Gasteiger partial charge in [-0.3, -0.25) is 9.80 Å². The second-order valence-electron chi connectivity index (χ2n) is 9.56. The molecule has 1 saturated heterocycles. The van der Waals surface area contributed by atoms with Crippen LogP contribution < -0.4 is 9.64 Å². The number of ether oxygens (including phenoxy) is 2. The number of benzene rings is 1. The predicted octanol–water partition coefficient (Wildman–Crippen LogP) is 4.08. The molecular weight excluding hydrogens is 444 g/mol. The molecule has 1 aromatic heterocycles. The van der Waals surface area contributed by atoms with Crippen LogP contribution in [0.5, 0.6) is 5.88 Å². The van der Waals surface area contributed by atoms with Gasteiger partial charge in [0.05, 0.1) is 19.2 Å². The van der Waals surface area contributed by atoms with Gasteiger partial charge in [-0.15, -0.1) is 11.6 Å². The van der Waals surface area contributed by atoms with Gasteiger partial charge in [0.25, 0.3) is 0 Å². The minimum Gasteiger partial charge on any atom is -0.468 e. The molecule has 2 fully saturated rings. The minimum atomic E-state index is -0.303. The summed E-state index contributed by atoms with van der Waals surface area (Å²) in [6.45, 7) is 8.95. The van der Waals surface area contributed by atoms with Crippen LogP contribution >= 0.6 is 0 Å². The second-order valence-corrected chi connectivity index (χ2v) is 9.56. The third-order valence-corrected chi connectivity index (χ3v) is 7.70. The Hall–Kier alpha value is -3.22. The summed E-state index contributed by atoms with van der Waals surface area (Å²) < 4.78 is 10.7. The maximum absolute atomic E-state index is 13.8. The van der Waals surface area contributed by atoms with Gasteiger partial charge >= 0.3 is 17.9 Å². The van der Waals surface area contributed by atoms with Gasteiger partial charge in [0.1, 0.15) is 6.20 Å². The first-order chi connectivity index (χ1) is 16.9. The first kappa shape index (κ1) is 24.9. The van der Waals surface area contributed by atoms with E-state index in [0.29, 0.717) is 25.4 Å². The number of nitrogens with zero attached hydrogens (tertiary/aromatic N) is 6. The van der Waals surface area contributed by atoms with E-state index in [-0.39, 0.29) is 28.9 Å². The normalized spacial score (nSPS) is 24.3. The van der Waals surface area contributed by atoms with Gasteiger partial charge in [0, 0.05) is 25.8 Å². The van der Waals surface area contributed by atoms with E-state index in [4.69, 9.17) is 16.0 Å². The molecule has 35 heavy (non-hydrogen) atoms. The molecule has 4 rings (SSSR count). The molecule has 1 spiro atoms. The Morgan fingerprint density at radius 1 is 1.14 bits per heavy atom. The molecule has 0 unspecified atom stereocenters. The highest BCUT2D eigenvalue weighted by Crippen LogP contribution is 2.50. The van der Waals surface area contributed by atoms with Gasteiger partial charge in [-0.25, -0.2) is 4.79 Å². The van der Waals surface area contributed by atoms with E-state index in [1.165, 1.54) is 18.9 Å². The lowest BCUT2D eigenvalue weighted by molar-refractivity contribution is 0.0240. The van der Waals surface area contributed by atoms with E-state index < -0.39 is 0 Å². The number of hydrogen-bond donors (Lipinski definition) is 0. The van der Waals surface area contributed by atoms with Crippen LogP contribution in [0.2, 0.25) is 0 Å². The molecule has 0 bridgehead atoms. The van der Waals surface area contributed by atoms with Gasteiger partial charge in [-0.05, 0) is 51.8 Å². The molecule has 1 saturated carbocycles. The maximum Gasteiger partial charge on any atom is 0.374 e. The van der Waals surface area contributed by atoms with Crippen molar-refractivity contribution in [2.75, 3.05) is 52.9 Å². The average molecular weight is 479 g/mol. The average Bonchev–Trinajstić information content (AvgIpc) is 3.15. The van der Waals surface area contributed by atoms with Crippen molar-refractivity contribution in [1.29, 1.82) is 0 Å². The molecule has 2 heterocycles. The molecular formula is C26H34N6O3. The zero-order chi connectivity index (χ0) is 25.1. The molecule has 2 aliphatic rings. The SMILES string of the molecule is [C-]#[N+]c1ncc(N2CC3(CCC(c4ccccc4)(N(C)C)CC3)N(CCCOC)C2=O)c(OC)n1. The Bertz CT molecular complexity index is 1080. The molecule has 9 heteroatoms. The number of hydrogen-bond acceptors (Lipinski definition) is 6. The summed E-state index contributed by atoms with van der Waals surface area (Å²) in [5.41, 5.74) is 1.45. The molecule has 9 nitrogen and oxygen atoms in total. The summed E-state index contributed by atoms with van der Waals surface area (Å²) in [6, 6.07) is 10.6. The summed E-state index contributed by atoms with van der Waals surface area (Å²) in [6.07, 6.45) is 5.92. The number of carbonyl (C=O) groups excluding carboxylic acids is 1. The zero-order valence-electron chi connectivity index (χ0n) is 21.0. The first-order valence-electron chi connectivity index (χ1n) is 12.0. The Morgan fingerprint density at radius 3 is 2.46 bits per heavy atom. The Balaban J connectivity index is 1.67. The summed E-state index contributed by atoms with van der Waals surface area (Å²) in [5.74, 6) is 0.246. The number of urea groups is 1. The Morgan fingerprint density at radius 2 is 1.86 bits per heavy atom. The summed E-state index contributed by atoms with van der Waals surface area (Å²) >= 11 is 0. The molecule has 2 aromatic rings. The standard InChI is InChI=1S/C26H34N6O3/c1-27-23-28-18-21(22(29-23)35-5)31-19-25(32(24(31)33)16-9-17-34-4)12-14-26(15-13-25,30(2)3)20-10-7-6-8-11-20/h6-8,10-11,18H,9,12-17,19H2,2-5H3. The highest BCUT2D eigenvalue weighted by atomic mass is 16.5. The summed E-state index contributed by atoms with van der Waals surface area (Å²) in [5, 5.41) is 0. The quantitative estimate of drug-likeness (QED) is 0.420. The van der Waals surface area contributed by atoms with Gasteiger partial charge in [0.2, 0.25) is 0 Å². The first-order valence-corrected chi connectivity index (χ1v) is 12.0. The Labute approximate surface area is 207 Å². The zero-order valence-corrected chi connectivity index (χ0v) is 21.0.